The van der Waals surface area contributed by atoms with Crippen LogP contribution in [0, 0.1) is 0 Å². The van der Waals surface area contributed by atoms with Crippen molar-refractivity contribution in [2.45, 2.75) is 25.4 Å². The molecular weight excluding hydrogens is 238 g/mol. The quantitative estimate of drug-likeness (QED) is 0.891. The van der Waals surface area contributed by atoms with Gasteiger partial charge in [-0.1, -0.05) is 12.1 Å². The van der Waals surface area contributed by atoms with Gasteiger partial charge in [0.2, 0.25) is 5.91 Å². The Morgan fingerprint density at radius 3 is 2.95 bits per heavy atom. The maximum Gasteiger partial charge on any atom is 0.237 e. The Balaban J connectivity index is 2.08. The smallest absolute Gasteiger partial charge is 0.237 e. The van der Waals surface area contributed by atoms with Crippen LogP contribution in [0.3, 0.4) is 0 Å². The van der Waals surface area contributed by atoms with Crippen LogP contribution < -0.4 is 10.2 Å². The fraction of sp³-hybridized carbons (Fsp3) is 0.533. The van der Waals surface area contributed by atoms with E-state index in [9.17, 15) is 4.79 Å². The number of carbonyl (C=O) groups is 1. The van der Waals surface area contributed by atoms with Gasteiger partial charge >= 0.3 is 0 Å². The van der Waals surface area contributed by atoms with Crippen LogP contribution in [0.1, 0.15) is 18.4 Å². The third-order valence-corrected chi connectivity index (χ3v) is 3.73. The average molecular weight is 261 g/mol. The Labute approximate surface area is 115 Å². The van der Waals surface area contributed by atoms with E-state index in [-0.39, 0.29) is 11.9 Å². The first-order valence-electron chi connectivity index (χ1n) is 6.83. The molecule has 0 aliphatic carbocycles. The predicted molar refractivity (Wildman–Crippen MR) is 78.3 cm³/mol. The number of hydrogen-bond acceptors (Lipinski definition) is 3. The van der Waals surface area contributed by atoms with E-state index in [1.165, 1.54) is 11.3 Å². The highest BCUT2D eigenvalue weighted by molar-refractivity contribution is 5.81. The Hall–Kier alpha value is -1.55. The summed E-state index contributed by atoms with van der Waals surface area (Å²) in [5.74, 6) is 0.140. The van der Waals surface area contributed by atoms with Crippen molar-refractivity contribution in [2.24, 2.45) is 0 Å². The Morgan fingerprint density at radius 1 is 1.47 bits per heavy atom. The van der Waals surface area contributed by atoms with Gasteiger partial charge in [-0.05, 0) is 37.1 Å². The first-order chi connectivity index (χ1) is 9.11. The molecule has 0 unspecified atom stereocenters. The molecule has 4 nitrogen and oxygen atoms in total. The Morgan fingerprint density at radius 2 is 2.26 bits per heavy atom. The molecule has 1 aromatic rings. The minimum absolute atomic E-state index is 0.0352. The number of likely N-dealkylation sites (N-methyl/N-ethyl adjacent to an activating group) is 1. The molecule has 1 aromatic carbocycles. The molecule has 1 aliphatic rings. The number of rotatable bonds is 4. The van der Waals surface area contributed by atoms with Gasteiger partial charge in [0.15, 0.2) is 0 Å². The largest absolute Gasteiger partial charge is 0.378 e. The molecule has 2 rings (SSSR count). The van der Waals surface area contributed by atoms with E-state index in [1.807, 2.05) is 14.1 Å². The van der Waals surface area contributed by atoms with Gasteiger partial charge in [-0.2, -0.15) is 0 Å². The van der Waals surface area contributed by atoms with E-state index in [2.05, 4.69) is 39.4 Å². The summed E-state index contributed by atoms with van der Waals surface area (Å²) < 4.78 is 0. The highest BCUT2D eigenvalue weighted by Gasteiger charge is 2.29. The van der Waals surface area contributed by atoms with Gasteiger partial charge in [0, 0.05) is 33.4 Å². The fourth-order valence-electron chi connectivity index (χ4n) is 2.65. The van der Waals surface area contributed by atoms with Gasteiger partial charge in [-0.15, -0.1) is 0 Å². The third-order valence-electron chi connectivity index (χ3n) is 3.73. The SMILES string of the molecule is CNC(=O)[C@H]1CCCN1Cc1cccc(N(C)C)c1. The molecule has 1 saturated heterocycles. The lowest BCUT2D eigenvalue weighted by molar-refractivity contribution is -0.125. The number of amides is 1. The predicted octanol–water partition coefficient (Wildman–Crippen LogP) is 1.46. The molecule has 1 aliphatic heterocycles. The van der Waals surface area contributed by atoms with Crippen molar-refractivity contribution in [3.63, 3.8) is 0 Å². The van der Waals surface area contributed by atoms with Gasteiger partial charge in [0.1, 0.15) is 0 Å². The summed E-state index contributed by atoms with van der Waals surface area (Å²) in [5.41, 5.74) is 2.47. The molecule has 1 atom stereocenters. The number of carbonyl (C=O) groups excluding carboxylic acids is 1. The molecule has 0 spiro atoms. The molecule has 0 aromatic heterocycles. The molecule has 4 heteroatoms. The van der Waals surface area contributed by atoms with Crippen molar-refractivity contribution in [3.05, 3.63) is 29.8 Å². The van der Waals surface area contributed by atoms with Crippen LogP contribution in [0.15, 0.2) is 24.3 Å². The summed E-state index contributed by atoms with van der Waals surface area (Å²) in [6.07, 6.45) is 2.07. The van der Waals surface area contributed by atoms with Crippen LogP contribution in [0.2, 0.25) is 0 Å². The zero-order valence-electron chi connectivity index (χ0n) is 12.0. The summed E-state index contributed by atoms with van der Waals surface area (Å²) in [4.78, 5) is 16.2. The minimum atomic E-state index is 0.0352. The van der Waals surface area contributed by atoms with Crippen molar-refractivity contribution in [1.82, 2.24) is 10.2 Å². The van der Waals surface area contributed by atoms with Crippen molar-refractivity contribution in [2.75, 3.05) is 32.6 Å². The van der Waals surface area contributed by atoms with Gasteiger partial charge in [-0.3, -0.25) is 9.69 Å². The number of likely N-dealkylation sites (tertiary alicyclic amines) is 1. The zero-order valence-corrected chi connectivity index (χ0v) is 12.0. The molecule has 0 radical (unpaired) electrons. The van der Waals surface area contributed by atoms with E-state index in [0.29, 0.717) is 0 Å². The number of nitrogens with one attached hydrogen (secondary N) is 1. The first kappa shape index (κ1) is 13.9. The Kier molecular flexibility index (Phi) is 4.43. The summed E-state index contributed by atoms with van der Waals surface area (Å²) >= 11 is 0. The number of anilines is 1. The maximum atomic E-state index is 11.8. The van der Waals surface area contributed by atoms with Crippen LogP contribution >= 0.6 is 0 Å². The van der Waals surface area contributed by atoms with Gasteiger partial charge in [-0.25, -0.2) is 0 Å². The number of benzene rings is 1. The second-order valence-corrected chi connectivity index (χ2v) is 5.31. The van der Waals surface area contributed by atoms with E-state index >= 15 is 0 Å². The molecule has 1 amide bonds. The second-order valence-electron chi connectivity index (χ2n) is 5.31. The fourth-order valence-corrected chi connectivity index (χ4v) is 2.65. The average Bonchev–Trinajstić information content (AvgIpc) is 2.86. The summed E-state index contributed by atoms with van der Waals surface area (Å²) in [6, 6.07) is 8.54. The molecule has 0 bridgehead atoms. The first-order valence-corrected chi connectivity index (χ1v) is 6.83. The van der Waals surface area contributed by atoms with Crippen LogP contribution in [0.4, 0.5) is 5.69 Å². The van der Waals surface area contributed by atoms with Crippen molar-refractivity contribution in [1.29, 1.82) is 0 Å². The van der Waals surface area contributed by atoms with Crippen molar-refractivity contribution >= 4 is 11.6 Å². The lowest BCUT2D eigenvalue weighted by atomic mass is 10.1. The Bertz CT molecular complexity index is 445. The van der Waals surface area contributed by atoms with Crippen LogP contribution in [-0.4, -0.2) is 44.5 Å². The molecule has 0 saturated carbocycles. The lowest BCUT2D eigenvalue weighted by Gasteiger charge is -2.23. The van der Waals surface area contributed by atoms with Crippen LogP contribution in [-0.2, 0) is 11.3 Å². The lowest BCUT2D eigenvalue weighted by Crippen LogP contribution is -2.41. The number of nitrogens with zero attached hydrogens (tertiary/aromatic N) is 2. The maximum absolute atomic E-state index is 11.8. The van der Waals surface area contributed by atoms with Gasteiger partial charge in [0.05, 0.1) is 6.04 Å². The standard InChI is InChI=1S/C15H23N3O/c1-16-15(19)14-8-5-9-18(14)11-12-6-4-7-13(10-12)17(2)3/h4,6-7,10,14H,5,8-9,11H2,1-3H3,(H,16,19)/t14-/m1/s1. The molecular formula is C15H23N3O. The van der Waals surface area contributed by atoms with Crippen LogP contribution in [0.5, 0.6) is 0 Å². The van der Waals surface area contributed by atoms with E-state index in [0.717, 1.165) is 25.9 Å². The monoisotopic (exact) mass is 261 g/mol. The molecule has 1 heterocycles. The van der Waals surface area contributed by atoms with Crippen molar-refractivity contribution in [3.8, 4) is 0 Å². The van der Waals surface area contributed by atoms with Crippen LogP contribution in [0.25, 0.3) is 0 Å². The summed E-state index contributed by atoms with van der Waals surface area (Å²) in [7, 11) is 5.80. The van der Waals surface area contributed by atoms with Gasteiger partial charge in [0.25, 0.3) is 0 Å². The topological polar surface area (TPSA) is 35.6 Å². The molecule has 19 heavy (non-hydrogen) atoms. The highest BCUT2D eigenvalue weighted by atomic mass is 16.2. The highest BCUT2D eigenvalue weighted by Crippen LogP contribution is 2.22. The van der Waals surface area contributed by atoms with Crippen molar-refractivity contribution < 1.29 is 4.79 Å². The molecule has 1 fully saturated rings. The van der Waals surface area contributed by atoms with E-state index in [4.69, 9.17) is 0 Å². The summed E-state index contributed by atoms with van der Waals surface area (Å²) in [5, 5.41) is 2.76. The van der Waals surface area contributed by atoms with E-state index < -0.39 is 0 Å². The molecule has 104 valence electrons. The number of hydrogen-bond donors (Lipinski definition) is 1. The second kappa shape index (κ2) is 6.06. The minimum Gasteiger partial charge on any atom is -0.378 e. The summed E-state index contributed by atoms with van der Waals surface area (Å²) in [6.45, 7) is 1.85. The third kappa shape index (κ3) is 3.26. The zero-order chi connectivity index (χ0) is 13.8. The normalized spacial score (nSPS) is 19.4. The molecule has 1 N–H and O–H groups in total. The van der Waals surface area contributed by atoms with E-state index in [1.54, 1.807) is 7.05 Å². The van der Waals surface area contributed by atoms with Gasteiger partial charge < -0.3 is 10.2 Å².